The Morgan fingerprint density at radius 1 is 1.16 bits per heavy atom. The molecule has 6 heteroatoms. The summed E-state index contributed by atoms with van der Waals surface area (Å²) in [6.07, 6.45) is 5.03. The Hall–Kier alpha value is -2.63. The van der Waals surface area contributed by atoms with Crippen molar-refractivity contribution in [3.8, 4) is 5.69 Å². The molecule has 0 unspecified atom stereocenters. The highest BCUT2D eigenvalue weighted by Gasteiger charge is 2.01. The summed E-state index contributed by atoms with van der Waals surface area (Å²) in [4.78, 5) is 8.89. The van der Waals surface area contributed by atoms with Crippen LogP contribution in [0.3, 0.4) is 0 Å². The maximum Gasteiger partial charge on any atom is 0.0925 e. The molecule has 6 nitrogen and oxygen atoms in total. The lowest BCUT2D eigenvalue weighted by Gasteiger charge is -2.06. The number of rotatable bonds is 4. The van der Waals surface area contributed by atoms with Gasteiger partial charge in [0.2, 0.25) is 0 Å². The predicted molar refractivity (Wildman–Crippen MR) is 72.0 cm³/mol. The summed E-state index contributed by atoms with van der Waals surface area (Å²) in [6.45, 7) is 2.71. The van der Waals surface area contributed by atoms with Gasteiger partial charge < -0.3 is 10.3 Å². The van der Waals surface area contributed by atoms with Crippen molar-refractivity contribution in [3.63, 3.8) is 0 Å². The van der Waals surface area contributed by atoms with Crippen molar-refractivity contribution in [3.05, 3.63) is 54.4 Å². The lowest BCUT2D eigenvalue weighted by molar-refractivity contribution is 0.752. The first kappa shape index (κ1) is 11.5. The van der Waals surface area contributed by atoms with Crippen molar-refractivity contribution in [1.29, 1.82) is 0 Å². The highest BCUT2D eigenvalue weighted by atomic mass is 15.5. The molecule has 96 valence electrons. The molecule has 3 aromatic rings. The highest BCUT2D eigenvalue weighted by Crippen LogP contribution is 2.13. The topological polar surface area (TPSA) is 71.4 Å². The van der Waals surface area contributed by atoms with Crippen LogP contribution in [0.15, 0.2) is 43.0 Å². The quantitative estimate of drug-likeness (QED) is 0.746. The van der Waals surface area contributed by atoms with E-state index in [2.05, 4.69) is 25.5 Å². The van der Waals surface area contributed by atoms with Crippen LogP contribution in [0, 0.1) is 6.92 Å². The average molecular weight is 254 g/mol. The van der Waals surface area contributed by atoms with Crippen LogP contribution in [0.2, 0.25) is 0 Å². The molecular formula is C13H14N6. The summed E-state index contributed by atoms with van der Waals surface area (Å²) < 4.78 is 0. The number of hydrogen-bond donors (Lipinski definition) is 2. The molecule has 1 aromatic carbocycles. The van der Waals surface area contributed by atoms with Crippen LogP contribution in [0.4, 0.5) is 5.69 Å². The molecular weight excluding hydrogens is 240 g/mol. The fourth-order valence-corrected chi connectivity index (χ4v) is 1.81. The van der Waals surface area contributed by atoms with Gasteiger partial charge in [-0.05, 0) is 31.2 Å². The SMILES string of the molecule is Cc1[nH]cnc1CNc1ccc(-n2nccn2)cc1. The number of benzene rings is 1. The number of anilines is 1. The molecule has 0 aliphatic carbocycles. The second-order valence-electron chi connectivity index (χ2n) is 4.19. The second kappa shape index (κ2) is 4.93. The smallest absolute Gasteiger partial charge is 0.0925 e. The van der Waals surface area contributed by atoms with E-state index in [0.717, 1.165) is 22.8 Å². The molecule has 0 aliphatic heterocycles. The fraction of sp³-hybridized carbons (Fsp3) is 0.154. The van der Waals surface area contributed by atoms with E-state index >= 15 is 0 Å². The van der Waals surface area contributed by atoms with Crippen molar-refractivity contribution < 1.29 is 0 Å². The third-order valence-electron chi connectivity index (χ3n) is 2.91. The van der Waals surface area contributed by atoms with E-state index in [1.807, 2.05) is 31.2 Å². The second-order valence-corrected chi connectivity index (χ2v) is 4.19. The van der Waals surface area contributed by atoms with Crippen LogP contribution in [-0.2, 0) is 6.54 Å². The van der Waals surface area contributed by atoms with E-state index in [0.29, 0.717) is 6.54 Å². The minimum Gasteiger partial charge on any atom is -0.379 e. The third kappa shape index (κ3) is 2.47. The largest absolute Gasteiger partial charge is 0.379 e. The van der Waals surface area contributed by atoms with E-state index in [-0.39, 0.29) is 0 Å². The molecule has 3 rings (SSSR count). The van der Waals surface area contributed by atoms with Crippen molar-refractivity contribution in [1.82, 2.24) is 25.0 Å². The minimum absolute atomic E-state index is 0.703. The molecule has 19 heavy (non-hydrogen) atoms. The lowest BCUT2D eigenvalue weighted by Crippen LogP contribution is -2.02. The first-order chi connectivity index (χ1) is 9.33. The first-order valence-electron chi connectivity index (χ1n) is 6.02. The number of aromatic amines is 1. The van der Waals surface area contributed by atoms with Crippen LogP contribution >= 0.6 is 0 Å². The Balaban J connectivity index is 1.68. The van der Waals surface area contributed by atoms with Gasteiger partial charge in [-0.1, -0.05) is 0 Å². The summed E-state index contributed by atoms with van der Waals surface area (Å²) in [6, 6.07) is 7.95. The van der Waals surface area contributed by atoms with E-state index < -0.39 is 0 Å². The molecule has 0 fully saturated rings. The maximum atomic E-state index is 4.25. The molecule has 2 aromatic heterocycles. The Labute approximate surface area is 110 Å². The molecule has 0 radical (unpaired) electrons. The van der Waals surface area contributed by atoms with Gasteiger partial charge in [-0.25, -0.2) is 4.98 Å². The van der Waals surface area contributed by atoms with Gasteiger partial charge in [0, 0.05) is 11.4 Å². The van der Waals surface area contributed by atoms with Crippen LogP contribution in [0.5, 0.6) is 0 Å². The molecule has 2 N–H and O–H groups in total. The minimum atomic E-state index is 0.703. The van der Waals surface area contributed by atoms with Crippen LogP contribution in [0.1, 0.15) is 11.4 Å². The Bertz CT molecular complexity index is 638. The zero-order chi connectivity index (χ0) is 13.1. The number of nitrogens with one attached hydrogen (secondary N) is 2. The van der Waals surface area contributed by atoms with Gasteiger partial charge in [0.1, 0.15) is 0 Å². The van der Waals surface area contributed by atoms with Crippen LogP contribution in [0.25, 0.3) is 5.69 Å². The number of aromatic nitrogens is 5. The van der Waals surface area contributed by atoms with Crippen molar-refractivity contribution in [2.45, 2.75) is 13.5 Å². The molecule has 2 heterocycles. The highest BCUT2D eigenvalue weighted by molar-refractivity contribution is 5.48. The molecule has 0 amide bonds. The zero-order valence-electron chi connectivity index (χ0n) is 10.5. The fourth-order valence-electron chi connectivity index (χ4n) is 1.81. The van der Waals surface area contributed by atoms with Crippen LogP contribution < -0.4 is 5.32 Å². The third-order valence-corrected chi connectivity index (χ3v) is 2.91. The maximum absolute atomic E-state index is 4.25. The van der Waals surface area contributed by atoms with Crippen molar-refractivity contribution >= 4 is 5.69 Å². The van der Waals surface area contributed by atoms with Gasteiger partial charge in [0.25, 0.3) is 0 Å². The van der Waals surface area contributed by atoms with E-state index in [1.165, 1.54) is 0 Å². The van der Waals surface area contributed by atoms with E-state index in [4.69, 9.17) is 0 Å². The normalized spacial score (nSPS) is 10.6. The number of imidazole rings is 1. The average Bonchev–Trinajstić information content (AvgIpc) is 3.09. The summed E-state index contributed by atoms with van der Waals surface area (Å²) >= 11 is 0. The Kier molecular flexibility index (Phi) is 2.97. The summed E-state index contributed by atoms with van der Waals surface area (Å²) in [5, 5.41) is 11.5. The number of H-pyrrole nitrogens is 1. The molecule has 0 saturated heterocycles. The van der Waals surface area contributed by atoms with Gasteiger partial charge in [0.15, 0.2) is 0 Å². The lowest BCUT2D eigenvalue weighted by atomic mass is 10.2. The Morgan fingerprint density at radius 2 is 1.89 bits per heavy atom. The summed E-state index contributed by atoms with van der Waals surface area (Å²) in [7, 11) is 0. The van der Waals surface area contributed by atoms with Crippen molar-refractivity contribution in [2.24, 2.45) is 0 Å². The van der Waals surface area contributed by atoms with Crippen molar-refractivity contribution in [2.75, 3.05) is 5.32 Å². The zero-order valence-corrected chi connectivity index (χ0v) is 10.5. The Morgan fingerprint density at radius 3 is 2.53 bits per heavy atom. The molecule has 0 spiro atoms. The number of hydrogen-bond acceptors (Lipinski definition) is 4. The number of nitrogens with zero attached hydrogens (tertiary/aromatic N) is 4. The van der Waals surface area contributed by atoms with E-state index in [9.17, 15) is 0 Å². The summed E-state index contributed by atoms with van der Waals surface area (Å²) in [5.74, 6) is 0. The monoisotopic (exact) mass is 254 g/mol. The summed E-state index contributed by atoms with van der Waals surface area (Å²) in [5.41, 5.74) is 4.09. The predicted octanol–water partition coefficient (Wildman–Crippen LogP) is 1.91. The van der Waals surface area contributed by atoms with E-state index in [1.54, 1.807) is 23.5 Å². The molecule has 0 aliphatic rings. The van der Waals surface area contributed by atoms with Gasteiger partial charge in [0.05, 0.1) is 36.6 Å². The standard InChI is InChI=1S/C13H14N6/c1-10-13(16-9-15-10)8-14-11-2-4-12(5-3-11)19-17-6-7-18-19/h2-7,9,14H,8H2,1H3,(H,15,16). The number of aryl methyl sites for hydroxylation is 1. The molecule has 0 saturated carbocycles. The van der Waals surface area contributed by atoms with Crippen LogP contribution in [-0.4, -0.2) is 25.0 Å². The van der Waals surface area contributed by atoms with Gasteiger partial charge in [-0.15, -0.1) is 0 Å². The first-order valence-corrected chi connectivity index (χ1v) is 6.02. The van der Waals surface area contributed by atoms with Gasteiger partial charge in [-0.2, -0.15) is 15.0 Å². The molecule has 0 bridgehead atoms. The van der Waals surface area contributed by atoms with Gasteiger partial charge in [-0.3, -0.25) is 0 Å². The molecule has 0 atom stereocenters. The van der Waals surface area contributed by atoms with Gasteiger partial charge >= 0.3 is 0 Å².